The highest BCUT2D eigenvalue weighted by atomic mass is 32.2. The minimum Gasteiger partial charge on any atom is -0.344 e. The number of rotatable bonds is 6. The third-order valence-electron chi connectivity index (χ3n) is 3.53. The molecule has 6 nitrogen and oxygen atoms in total. The second-order valence-corrected chi connectivity index (χ2v) is 7.15. The third kappa shape index (κ3) is 6.35. The van der Waals surface area contributed by atoms with Crippen LogP contribution in [-0.2, 0) is 14.8 Å². The van der Waals surface area contributed by atoms with Crippen LogP contribution >= 0.6 is 0 Å². The maximum Gasteiger partial charge on any atom is 0.223 e. The van der Waals surface area contributed by atoms with E-state index in [0.29, 0.717) is 12.6 Å². The Morgan fingerprint density at radius 2 is 2.11 bits per heavy atom. The van der Waals surface area contributed by atoms with Gasteiger partial charge in [0.2, 0.25) is 15.9 Å². The first-order chi connectivity index (χ1) is 8.79. The monoisotopic (exact) mass is 291 g/mol. The first-order valence-corrected chi connectivity index (χ1v) is 8.57. The molecule has 0 saturated carbocycles. The Hall–Kier alpha value is -0.660. The van der Waals surface area contributed by atoms with Crippen LogP contribution in [-0.4, -0.2) is 70.2 Å². The van der Waals surface area contributed by atoms with Crippen molar-refractivity contribution in [1.29, 1.82) is 0 Å². The van der Waals surface area contributed by atoms with Crippen LogP contribution < -0.4 is 4.72 Å². The molecule has 0 aromatic heterocycles. The average Bonchev–Trinajstić information content (AvgIpc) is 2.30. The Morgan fingerprint density at radius 3 is 2.68 bits per heavy atom. The predicted octanol–water partition coefficient (Wildman–Crippen LogP) is -0.132. The highest BCUT2D eigenvalue weighted by Gasteiger charge is 2.22. The molecule has 1 N–H and O–H groups in total. The second kappa shape index (κ2) is 7.21. The molecule has 1 atom stereocenters. The number of likely N-dealkylation sites (N-methyl/N-ethyl adjacent to an activating group) is 2. The summed E-state index contributed by atoms with van der Waals surface area (Å²) in [6.07, 6.45) is 4.86. The van der Waals surface area contributed by atoms with Gasteiger partial charge in [-0.3, -0.25) is 4.79 Å². The largest absolute Gasteiger partial charge is 0.344 e. The number of carbonyl (C=O) groups is 1. The minimum absolute atomic E-state index is 0.0184. The molecular formula is C12H25N3O3S. The van der Waals surface area contributed by atoms with Crippen molar-refractivity contribution in [3.8, 4) is 0 Å². The molecule has 7 heteroatoms. The molecule has 0 spiro atoms. The van der Waals surface area contributed by atoms with E-state index in [0.717, 1.165) is 19.2 Å². The molecule has 1 saturated heterocycles. The Bertz CT molecular complexity index is 397. The average molecular weight is 291 g/mol. The van der Waals surface area contributed by atoms with Crippen molar-refractivity contribution in [2.45, 2.75) is 31.7 Å². The van der Waals surface area contributed by atoms with Crippen molar-refractivity contribution in [3.63, 3.8) is 0 Å². The minimum atomic E-state index is -3.21. The van der Waals surface area contributed by atoms with E-state index in [9.17, 15) is 13.2 Å². The maximum absolute atomic E-state index is 11.9. The molecule has 1 fully saturated rings. The predicted molar refractivity (Wildman–Crippen MR) is 75.4 cm³/mol. The SMILES string of the molecule is CN(C[C@H]1CCCCN1C)C(=O)CCNS(C)(=O)=O. The fourth-order valence-electron chi connectivity index (χ4n) is 2.33. The lowest BCUT2D eigenvalue weighted by molar-refractivity contribution is -0.130. The quantitative estimate of drug-likeness (QED) is 0.740. The molecule has 1 heterocycles. The molecule has 1 aliphatic rings. The van der Waals surface area contributed by atoms with E-state index in [-0.39, 0.29) is 18.9 Å². The van der Waals surface area contributed by atoms with Gasteiger partial charge in [-0.05, 0) is 26.4 Å². The third-order valence-corrected chi connectivity index (χ3v) is 4.26. The van der Waals surface area contributed by atoms with Crippen LogP contribution in [0.3, 0.4) is 0 Å². The van der Waals surface area contributed by atoms with Crippen LogP contribution in [0, 0.1) is 0 Å². The fraction of sp³-hybridized carbons (Fsp3) is 0.917. The lowest BCUT2D eigenvalue weighted by atomic mass is 10.0. The van der Waals surface area contributed by atoms with Gasteiger partial charge in [0.05, 0.1) is 6.26 Å². The summed E-state index contributed by atoms with van der Waals surface area (Å²) in [5.74, 6) is -0.0184. The molecule has 0 radical (unpaired) electrons. The van der Waals surface area contributed by atoms with Crippen molar-refractivity contribution in [2.75, 3.05) is 40.0 Å². The van der Waals surface area contributed by atoms with Gasteiger partial charge in [-0.25, -0.2) is 13.1 Å². The molecule has 1 aliphatic heterocycles. The molecule has 112 valence electrons. The lowest BCUT2D eigenvalue weighted by Crippen LogP contribution is -2.45. The van der Waals surface area contributed by atoms with E-state index in [1.54, 1.807) is 11.9 Å². The summed E-state index contributed by atoms with van der Waals surface area (Å²) in [6, 6.07) is 0.422. The van der Waals surface area contributed by atoms with Crippen molar-refractivity contribution >= 4 is 15.9 Å². The standard InChI is InChI=1S/C12H25N3O3S/c1-14-9-5-4-6-11(14)10-15(2)12(16)7-8-13-19(3,17)18/h11,13H,4-10H2,1-3H3/t11-/m1/s1. The van der Waals surface area contributed by atoms with Gasteiger partial charge in [0.25, 0.3) is 0 Å². The van der Waals surface area contributed by atoms with Gasteiger partial charge in [0.1, 0.15) is 0 Å². The van der Waals surface area contributed by atoms with Gasteiger partial charge in [0.15, 0.2) is 0 Å². The Morgan fingerprint density at radius 1 is 1.42 bits per heavy atom. The van der Waals surface area contributed by atoms with E-state index < -0.39 is 10.0 Å². The van der Waals surface area contributed by atoms with Crippen molar-refractivity contribution < 1.29 is 13.2 Å². The molecule has 1 rings (SSSR count). The van der Waals surface area contributed by atoms with Crippen LogP contribution in [0.15, 0.2) is 0 Å². The summed E-state index contributed by atoms with van der Waals surface area (Å²) in [6.45, 7) is 1.97. The fourth-order valence-corrected chi connectivity index (χ4v) is 2.80. The van der Waals surface area contributed by atoms with Crippen LogP contribution in [0.25, 0.3) is 0 Å². The first kappa shape index (κ1) is 16.4. The lowest BCUT2D eigenvalue weighted by Gasteiger charge is -2.35. The summed E-state index contributed by atoms with van der Waals surface area (Å²) in [5.41, 5.74) is 0. The number of hydrogen-bond acceptors (Lipinski definition) is 4. The number of hydrogen-bond donors (Lipinski definition) is 1. The topological polar surface area (TPSA) is 69.7 Å². The zero-order valence-electron chi connectivity index (χ0n) is 12.1. The van der Waals surface area contributed by atoms with Gasteiger partial charge in [-0.2, -0.15) is 0 Å². The van der Waals surface area contributed by atoms with Crippen LogP contribution in [0.5, 0.6) is 0 Å². The number of carbonyl (C=O) groups excluding carboxylic acids is 1. The molecular weight excluding hydrogens is 266 g/mol. The van der Waals surface area contributed by atoms with E-state index in [4.69, 9.17) is 0 Å². The summed E-state index contributed by atoms with van der Waals surface area (Å²) >= 11 is 0. The van der Waals surface area contributed by atoms with E-state index in [2.05, 4.69) is 16.7 Å². The van der Waals surface area contributed by atoms with Gasteiger partial charge in [0, 0.05) is 32.6 Å². The van der Waals surface area contributed by atoms with Gasteiger partial charge >= 0.3 is 0 Å². The highest BCUT2D eigenvalue weighted by Crippen LogP contribution is 2.15. The zero-order chi connectivity index (χ0) is 14.5. The highest BCUT2D eigenvalue weighted by molar-refractivity contribution is 7.88. The van der Waals surface area contributed by atoms with Crippen molar-refractivity contribution in [2.24, 2.45) is 0 Å². The molecule has 0 aromatic carbocycles. The summed E-state index contributed by atoms with van der Waals surface area (Å²) in [4.78, 5) is 15.9. The molecule has 0 bridgehead atoms. The Balaban J connectivity index is 2.31. The van der Waals surface area contributed by atoms with Gasteiger partial charge in [-0.1, -0.05) is 6.42 Å². The first-order valence-electron chi connectivity index (χ1n) is 6.68. The zero-order valence-corrected chi connectivity index (χ0v) is 12.9. The van der Waals surface area contributed by atoms with Gasteiger partial charge < -0.3 is 9.80 Å². The van der Waals surface area contributed by atoms with Crippen LogP contribution in [0.1, 0.15) is 25.7 Å². The van der Waals surface area contributed by atoms with Crippen LogP contribution in [0.4, 0.5) is 0 Å². The smallest absolute Gasteiger partial charge is 0.223 e. The van der Waals surface area contributed by atoms with E-state index in [1.807, 2.05) is 0 Å². The number of nitrogens with zero attached hydrogens (tertiary/aromatic N) is 2. The number of amides is 1. The summed E-state index contributed by atoms with van der Waals surface area (Å²) < 4.78 is 24.1. The molecule has 1 amide bonds. The van der Waals surface area contributed by atoms with Crippen molar-refractivity contribution in [1.82, 2.24) is 14.5 Å². The Kier molecular flexibility index (Phi) is 6.22. The van der Waals surface area contributed by atoms with Gasteiger partial charge in [-0.15, -0.1) is 0 Å². The normalized spacial score (nSPS) is 21.3. The summed E-state index contributed by atoms with van der Waals surface area (Å²) in [5, 5.41) is 0. The maximum atomic E-state index is 11.9. The number of nitrogens with one attached hydrogen (secondary N) is 1. The second-order valence-electron chi connectivity index (χ2n) is 5.32. The molecule has 0 aliphatic carbocycles. The Labute approximate surface area is 116 Å². The molecule has 0 unspecified atom stereocenters. The number of likely N-dealkylation sites (tertiary alicyclic amines) is 1. The van der Waals surface area contributed by atoms with Crippen LogP contribution in [0.2, 0.25) is 0 Å². The van der Waals surface area contributed by atoms with Crippen molar-refractivity contribution in [3.05, 3.63) is 0 Å². The van der Waals surface area contributed by atoms with E-state index >= 15 is 0 Å². The summed E-state index contributed by atoms with van der Waals surface area (Å²) in [7, 11) is 0.663. The number of sulfonamides is 1. The number of piperidine rings is 1. The molecule has 19 heavy (non-hydrogen) atoms. The van der Waals surface area contributed by atoms with E-state index in [1.165, 1.54) is 12.8 Å². The molecule has 0 aromatic rings.